The van der Waals surface area contributed by atoms with Crippen molar-refractivity contribution in [3.05, 3.63) is 17.7 Å². The molecule has 1 aliphatic heterocycles. The average molecular weight is 263 g/mol. The molecule has 1 aromatic carbocycles. The van der Waals surface area contributed by atoms with E-state index in [0.717, 1.165) is 26.2 Å². The minimum Gasteiger partial charge on any atom is -0.508 e. The Balaban J connectivity index is 2.36. The summed E-state index contributed by atoms with van der Waals surface area (Å²) < 4.78 is 0. The Kier molecular flexibility index (Phi) is 4.10. The summed E-state index contributed by atoms with van der Waals surface area (Å²) in [5.41, 5.74) is 0.307. The highest BCUT2D eigenvalue weighted by Gasteiger charge is 2.27. The standard InChI is InChI=1S/C13H17N3O3/c14-2-1-10(16-5-3-15-4-6-16)13-11(18)7-9(17)8-12(13)19/h7-8,10,15,17-19H,1,3-6H2/t10-/m0/s1. The van der Waals surface area contributed by atoms with Crippen LogP contribution in [0.15, 0.2) is 12.1 Å². The van der Waals surface area contributed by atoms with Crippen LogP contribution in [0.3, 0.4) is 0 Å². The first-order valence-electron chi connectivity index (χ1n) is 6.20. The maximum atomic E-state index is 9.93. The van der Waals surface area contributed by atoms with Gasteiger partial charge < -0.3 is 20.6 Å². The second-order valence-electron chi connectivity index (χ2n) is 4.56. The van der Waals surface area contributed by atoms with Crippen molar-refractivity contribution in [1.29, 1.82) is 5.26 Å². The van der Waals surface area contributed by atoms with E-state index in [1.54, 1.807) is 0 Å². The van der Waals surface area contributed by atoms with Crippen LogP contribution >= 0.6 is 0 Å². The number of benzene rings is 1. The molecule has 2 rings (SSSR count). The Morgan fingerprint density at radius 1 is 1.21 bits per heavy atom. The van der Waals surface area contributed by atoms with E-state index in [1.807, 2.05) is 4.90 Å². The van der Waals surface area contributed by atoms with Gasteiger partial charge in [0.25, 0.3) is 0 Å². The molecule has 6 heteroatoms. The lowest BCUT2D eigenvalue weighted by molar-refractivity contribution is 0.170. The molecule has 1 atom stereocenters. The molecule has 0 spiro atoms. The van der Waals surface area contributed by atoms with Crippen LogP contribution in [0.1, 0.15) is 18.0 Å². The highest BCUT2D eigenvalue weighted by Crippen LogP contribution is 2.40. The van der Waals surface area contributed by atoms with Crippen molar-refractivity contribution in [2.45, 2.75) is 12.5 Å². The van der Waals surface area contributed by atoms with E-state index in [4.69, 9.17) is 5.26 Å². The van der Waals surface area contributed by atoms with Gasteiger partial charge in [0.1, 0.15) is 17.2 Å². The number of hydrogen-bond donors (Lipinski definition) is 4. The monoisotopic (exact) mass is 263 g/mol. The van der Waals surface area contributed by atoms with Gasteiger partial charge in [-0.15, -0.1) is 0 Å². The molecule has 19 heavy (non-hydrogen) atoms. The van der Waals surface area contributed by atoms with Gasteiger partial charge in [-0.25, -0.2) is 0 Å². The molecule has 1 saturated heterocycles. The van der Waals surface area contributed by atoms with Crippen molar-refractivity contribution in [1.82, 2.24) is 10.2 Å². The first kappa shape index (κ1) is 13.5. The van der Waals surface area contributed by atoms with Gasteiger partial charge >= 0.3 is 0 Å². The lowest BCUT2D eigenvalue weighted by atomic mass is 9.99. The zero-order chi connectivity index (χ0) is 13.8. The van der Waals surface area contributed by atoms with Crippen molar-refractivity contribution in [2.75, 3.05) is 26.2 Å². The van der Waals surface area contributed by atoms with Crippen molar-refractivity contribution >= 4 is 0 Å². The lowest BCUT2D eigenvalue weighted by Crippen LogP contribution is -2.45. The van der Waals surface area contributed by atoms with E-state index >= 15 is 0 Å². The van der Waals surface area contributed by atoms with Gasteiger partial charge in [-0.1, -0.05) is 0 Å². The van der Waals surface area contributed by atoms with Gasteiger partial charge in [-0.2, -0.15) is 5.26 Å². The van der Waals surface area contributed by atoms with Crippen molar-refractivity contribution < 1.29 is 15.3 Å². The molecule has 4 N–H and O–H groups in total. The van der Waals surface area contributed by atoms with Gasteiger partial charge in [-0.3, -0.25) is 4.90 Å². The lowest BCUT2D eigenvalue weighted by Gasteiger charge is -2.34. The Hall–Kier alpha value is -1.97. The minimum absolute atomic E-state index is 0.173. The number of hydrogen-bond acceptors (Lipinski definition) is 6. The quantitative estimate of drug-likeness (QED) is 0.639. The summed E-state index contributed by atoms with van der Waals surface area (Å²) in [5.74, 6) is -0.567. The molecule has 0 radical (unpaired) electrons. The molecule has 1 fully saturated rings. The molecule has 6 nitrogen and oxygen atoms in total. The van der Waals surface area contributed by atoms with Gasteiger partial charge in [0.15, 0.2) is 0 Å². The van der Waals surface area contributed by atoms with Gasteiger partial charge in [0.2, 0.25) is 0 Å². The molecular formula is C13H17N3O3. The Morgan fingerprint density at radius 3 is 2.32 bits per heavy atom. The van der Waals surface area contributed by atoms with E-state index in [2.05, 4.69) is 11.4 Å². The molecule has 1 aromatic rings. The van der Waals surface area contributed by atoms with Crippen LogP contribution in [0.4, 0.5) is 0 Å². The highest BCUT2D eigenvalue weighted by molar-refractivity contribution is 5.50. The molecule has 0 unspecified atom stereocenters. The number of nitrogens with zero attached hydrogens (tertiary/aromatic N) is 2. The van der Waals surface area contributed by atoms with Gasteiger partial charge in [-0.05, 0) is 0 Å². The largest absolute Gasteiger partial charge is 0.508 e. The first-order chi connectivity index (χ1) is 9.13. The third-order valence-corrected chi connectivity index (χ3v) is 3.33. The summed E-state index contributed by atoms with van der Waals surface area (Å²) in [5, 5.41) is 41.4. The fourth-order valence-corrected chi connectivity index (χ4v) is 2.44. The SMILES string of the molecule is N#CC[C@@H](c1c(O)cc(O)cc1O)N1CCNCC1. The van der Waals surface area contributed by atoms with Gasteiger partial charge in [0.05, 0.1) is 24.1 Å². The number of piperazine rings is 1. The Labute approximate surface area is 111 Å². The summed E-state index contributed by atoms with van der Waals surface area (Å²) in [6.07, 6.45) is 0.173. The number of nitriles is 1. The minimum atomic E-state index is -0.368. The predicted molar refractivity (Wildman–Crippen MR) is 68.9 cm³/mol. The van der Waals surface area contributed by atoms with Crippen LogP contribution in [0.5, 0.6) is 17.2 Å². The van der Waals surface area contributed by atoms with Crippen LogP contribution in [-0.4, -0.2) is 46.4 Å². The molecule has 0 aromatic heterocycles. The summed E-state index contributed by atoms with van der Waals surface area (Å²) in [4.78, 5) is 2.05. The molecule has 0 saturated carbocycles. The first-order valence-corrected chi connectivity index (χ1v) is 6.20. The van der Waals surface area contributed by atoms with Crippen LogP contribution in [-0.2, 0) is 0 Å². The number of nitrogens with one attached hydrogen (secondary N) is 1. The van der Waals surface area contributed by atoms with Crippen molar-refractivity contribution in [2.24, 2.45) is 0 Å². The van der Waals surface area contributed by atoms with E-state index in [0.29, 0.717) is 5.56 Å². The molecule has 0 aliphatic carbocycles. The predicted octanol–water partition coefficient (Wildman–Crippen LogP) is 0.663. The smallest absolute Gasteiger partial charge is 0.127 e. The van der Waals surface area contributed by atoms with E-state index < -0.39 is 0 Å². The maximum Gasteiger partial charge on any atom is 0.127 e. The maximum absolute atomic E-state index is 9.93. The fourth-order valence-electron chi connectivity index (χ4n) is 2.44. The van der Waals surface area contributed by atoms with Gasteiger partial charge in [0, 0.05) is 38.3 Å². The normalized spacial score (nSPS) is 17.8. The van der Waals surface area contributed by atoms with Crippen molar-refractivity contribution in [3.63, 3.8) is 0 Å². The molecule has 0 amide bonds. The summed E-state index contributed by atoms with van der Waals surface area (Å²) >= 11 is 0. The van der Waals surface area contributed by atoms with E-state index in [-0.39, 0.29) is 29.7 Å². The fraction of sp³-hybridized carbons (Fsp3) is 0.462. The number of phenolic OH excluding ortho intramolecular Hbond substituents is 3. The second-order valence-corrected chi connectivity index (χ2v) is 4.56. The van der Waals surface area contributed by atoms with Crippen molar-refractivity contribution in [3.8, 4) is 23.3 Å². The second kappa shape index (κ2) is 5.78. The number of phenols is 3. The molecule has 0 bridgehead atoms. The number of rotatable bonds is 3. The zero-order valence-electron chi connectivity index (χ0n) is 10.5. The third-order valence-electron chi connectivity index (χ3n) is 3.33. The van der Waals surface area contributed by atoms with E-state index in [9.17, 15) is 15.3 Å². The molecule has 1 heterocycles. The van der Waals surface area contributed by atoms with E-state index in [1.165, 1.54) is 12.1 Å². The summed E-state index contributed by atoms with van der Waals surface area (Å²) in [7, 11) is 0. The molecule has 1 aliphatic rings. The molecular weight excluding hydrogens is 246 g/mol. The van der Waals surface area contributed by atoms with Crippen LogP contribution in [0.2, 0.25) is 0 Å². The Bertz CT molecular complexity index is 469. The molecule has 102 valence electrons. The number of aromatic hydroxyl groups is 3. The zero-order valence-corrected chi connectivity index (χ0v) is 10.5. The highest BCUT2D eigenvalue weighted by atomic mass is 16.3. The average Bonchev–Trinajstić information content (AvgIpc) is 2.37. The van der Waals surface area contributed by atoms with Crippen LogP contribution in [0.25, 0.3) is 0 Å². The van der Waals surface area contributed by atoms with Crippen LogP contribution in [0, 0.1) is 11.3 Å². The van der Waals surface area contributed by atoms with Crippen LogP contribution < -0.4 is 5.32 Å². The summed E-state index contributed by atoms with van der Waals surface area (Å²) in [6.45, 7) is 3.10. The Morgan fingerprint density at radius 2 is 1.79 bits per heavy atom. The topological polar surface area (TPSA) is 99.8 Å². The third kappa shape index (κ3) is 2.89. The summed E-state index contributed by atoms with van der Waals surface area (Å²) in [6, 6.07) is 4.08.